The van der Waals surface area contributed by atoms with Gasteiger partial charge in [-0.25, -0.2) is 0 Å². The van der Waals surface area contributed by atoms with Gasteiger partial charge in [-0.15, -0.1) is 4.52 Å². The van der Waals surface area contributed by atoms with Crippen LogP contribution in [0.1, 0.15) is 0 Å². The van der Waals surface area contributed by atoms with E-state index in [4.69, 9.17) is 18.1 Å². The third-order valence-corrected chi connectivity index (χ3v) is 14.1. The lowest BCUT2D eigenvalue weighted by Crippen LogP contribution is -2.39. The summed E-state index contributed by atoms with van der Waals surface area (Å²) in [5, 5.41) is 3.80. The molecule has 0 radical (unpaired) electrons. The van der Waals surface area contributed by atoms with Crippen molar-refractivity contribution in [3.05, 3.63) is 182 Å². The zero-order valence-corrected chi connectivity index (χ0v) is 28.4. The Bertz CT molecular complexity index is 1870. The summed E-state index contributed by atoms with van der Waals surface area (Å²) in [7, 11) is -6.96. The molecule has 9 nitrogen and oxygen atoms in total. The van der Waals surface area contributed by atoms with E-state index >= 15 is 0 Å². The fourth-order valence-electron chi connectivity index (χ4n) is 4.61. The van der Waals surface area contributed by atoms with Gasteiger partial charge in [0.25, 0.3) is 0 Å². The monoisotopic (exact) mass is 690 g/mol. The van der Waals surface area contributed by atoms with Gasteiger partial charge in [-0.2, -0.15) is 0 Å². The van der Waals surface area contributed by atoms with E-state index in [-0.39, 0.29) is 0 Å². The minimum Gasteiger partial charge on any atom is -0.438 e. The minimum atomic E-state index is -3.50. The predicted molar refractivity (Wildman–Crippen MR) is 198 cm³/mol. The zero-order chi connectivity index (χ0) is 32.4. The molecular weight excluding hydrogens is 657 g/mol. The van der Waals surface area contributed by atoms with E-state index in [9.17, 15) is 0 Å². The van der Waals surface area contributed by atoms with Crippen LogP contribution in [0.2, 0.25) is 0 Å². The number of rotatable bonds is 12. The lowest BCUT2D eigenvalue weighted by atomic mass is 10.3. The fourth-order valence-corrected chi connectivity index (χ4v) is 12.7. The summed E-state index contributed by atoms with van der Waals surface area (Å²) >= 11 is 0. The van der Waals surface area contributed by atoms with Crippen LogP contribution in [0.5, 0.6) is 17.2 Å². The number of anilines is 3. The number of para-hydroxylation sites is 6. The number of hydrazine groups is 2. The Morgan fingerprint density at radius 2 is 0.854 bits per heavy atom. The topological polar surface area (TPSA) is 82.6 Å². The highest BCUT2D eigenvalue weighted by Gasteiger charge is 2.53. The van der Waals surface area contributed by atoms with Crippen LogP contribution in [-0.2, 0) is 0 Å². The molecule has 1 heterocycles. The van der Waals surface area contributed by atoms with E-state index in [1.807, 2.05) is 191 Å². The van der Waals surface area contributed by atoms with E-state index < -0.39 is 24.5 Å². The van der Waals surface area contributed by atoms with Gasteiger partial charge in [0, 0.05) is 17.1 Å². The maximum atomic E-state index is 7.01. The first-order valence-corrected chi connectivity index (χ1v) is 19.2. The first-order chi connectivity index (χ1) is 23.7. The molecule has 0 spiro atoms. The van der Waals surface area contributed by atoms with E-state index in [1.165, 1.54) is 0 Å². The molecule has 12 heteroatoms. The average Bonchev–Trinajstić information content (AvgIpc) is 3.14. The summed E-state index contributed by atoms with van der Waals surface area (Å²) in [6.07, 6.45) is 0. The van der Waals surface area contributed by atoms with Crippen LogP contribution in [0.15, 0.2) is 187 Å². The summed E-state index contributed by atoms with van der Waals surface area (Å²) < 4.78 is 30.3. The predicted octanol–water partition coefficient (Wildman–Crippen LogP) is 11.4. The van der Waals surface area contributed by atoms with Crippen molar-refractivity contribution >= 4 is 41.5 Å². The van der Waals surface area contributed by atoms with Crippen molar-refractivity contribution in [2.45, 2.75) is 0 Å². The maximum Gasteiger partial charge on any atom is 0.429 e. The summed E-state index contributed by atoms with van der Waals surface area (Å²) in [6, 6.07) is 59.0. The number of hydrogen-bond acceptors (Lipinski definition) is 9. The van der Waals surface area contributed by atoms with Crippen molar-refractivity contribution in [3.63, 3.8) is 0 Å². The van der Waals surface area contributed by atoms with Gasteiger partial charge in [0.05, 0.1) is 0 Å². The summed E-state index contributed by atoms with van der Waals surface area (Å²) in [4.78, 5) is 0. The quantitative estimate of drug-likeness (QED) is 0.109. The molecule has 1 aliphatic heterocycles. The van der Waals surface area contributed by atoms with Gasteiger partial charge >= 0.3 is 16.1 Å². The molecule has 6 aromatic carbocycles. The fraction of sp³-hybridized carbons (Fsp3) is 0. The van der Waals surface area contributed by atoms with Gasteiger partial charge < -0.3 is 29.5 Å². The van der Waals surface area contributed by atoms with Crippen LogP contribution in [-0.4, -0.2) is 9.10 Å². The van der Waals surface area contributed by atoms with Crippen molar-refractivity contribution in [1.29, 1.82) is 0 Å². The third-order valence-electron chi connectivity index (χ3n) is 6.82. The molecule has 2 atom stereocenters. The van der Waals surface area contributed by atoms with Gasteiger partial charge in [0.15, 0.2) is 0 Å². The van der Waals surface area contributed by atoms with Crippen LogP contribution in [0.3, 0.4) is 0 Å². The second kappa shape index (κ2) is 15.4. The Balaban J connectivity index is 1.46. The summed E-state index contributed by atoms with van der Waals surface area (Å²) in [6.45, 7) is 0. The molecule has 1 aliphatic rings. The second-order valence-corrected chi connectivity index (χ2v) is 16.1. The smallest absolute Gasteiger partial charge is 0.429 e. The molecule has 0 aliphatic carbocycles. The molecule has 0 bridgehead atoms. The van der Waals surface area contributed by atoms with E-state index in [1.54, 1.807) is 0 Å². The van der Waals surface area contributed by atoms with E-state index in [2.05, 4.69) is 15.9 Å². The lowest BCUT2D eigenvalue weighted by molar-refractivity contribution is 0.425. The van der Waals surface area contributed by atoms with Gasteiger partial charge in [-0.05, 0) is 72.8 Å². The highest BCUT2D eigenvalue weighted by atomic mass is 31.3. The van der Waals surface area contributed by atoms with Gasteiger partial charge in [-0.3, -0.25) is 0 Å². The number of hydrogen-bond donors (Lipinski definition) is 3. The molecule has 0 fully saturated rings. The average molecular weight is 691 g/mol. The highest BCUT2D eigenvalue weighted by molar-refractivity contribution is 7.81. The lowest BCUT2D eigenvalue weighted by Gasteiger charge is -2.47. The van der Waals surface area contributed by atoms with Crippen molar-refractivity contribution in [2.24, 2.45) is 4.52 Å². The van der Waals surface area contributed by atoms with Crippen LogP contribution in [0, 0.1) is 0 Å². The van der Waals surface area contributed by atoms with Crippen molar-refractivity contribution in [3.8, 4) is 17.2 Å². The molecule has 0 aromatic heterocycles. The van der Waals surface area contributed by atoms with E-state index in [0.29, 0.717) is 17.2 Å². The van der Waals surface area contributed by atoms with Gasteiger partial charge in [0.1, 0.15) is 17.2 Å². The van der Waals surface area contributed by atoms with Crippen LogP contribution < -0.4 is 29.5 Å². The normalized spacial score (nSPS) is 17.3. The third kappa shape index (κ3) is 7.80. The number of nitrogens with one attached hydrogen (secondary N) is 3. The molecule has 0 amide bonds. The SMILES string of the molecule is c1ccc(NN2P(Oc3ccccc3)N=P(Oc3ccccc3)(Oc3ccccc3)N(Nc3ccccc3)P2Nc2ccccc2)cc1. The molecule has 2 unspecified atom stereocenters. The van der Waals surface area contributed by atoms with Crippen molar-refractivity contribution in [1.82, 2.24) is 9.10 Å². The maximum absolute atomic E-state index is 7.01. The zero-order valence-electron chi connectivity index (χ0n) is 25.7. The van der Waals surface area contributed by atoms with Crippen LogP contribution in [0.25, 0.3) is 0 Å². The Kier molecular flexibility index (Phi) is 10.1. The second-order valence-electron chi connectivity index (χ2n) is 10.3. The number of nitrogens with zero attached hydrogens (tertiary/aromatic N) is 3. The molecule has 240 valence electrons. The summed E-state index contributed by atoms with van der Waals surface area (Å²) in [5.41, 5.74) is 9.91. The Morgan fingerprint density at radius 1 is 0.458 bits per heavy atom. The molecule has 7 rings (SSSR count). The first kappa shape index (κ1) is 31.7. The molecule has 48 heavy (non-hydrogen) atoms. The Morgan fingerprint density at radius 3 is 1.33 bits per heavy atom. The molecule has 6 aromatic rings. The number of benzene rings is 6. The Hall–Kier alpha value is -4.87. The van der Waals surface area contributed by atoms with Gasteiger partial charge in [-0.1, -0.05) is 118 Å². The first-order valence-electron chi connectivity index (χ1n) is 15.2. The molecule has 0 saturated heterocycles. The van der Waals surface area contributed by atoms with Crippen LogP contribution in [0.4, 0.5) is 17.1 Å². The largest absolute Gasteiger partial charge is 0.438 e. The molecule has 0 saturated carbocycles. The van der Waals surface area contributed by atoms with E-state index in [0.717, 1.165) is 17.1 Å². The van der Waals surface area contributed by atoms with Crippen molar-refractivity contribution in [2.75, 3.05) is 15.9 Å². The highest BCUT2D eigenvalue weighted by Crippen LogP contribution is 2.77. The Labute approximate surface area is 283 Å². The molecular formula is C36H33N6O3P3. The standard InChI is InChI=1S/C36H33N6O3P3/c1-7-19-31(20-8-1)37-41-46(39-33-23-11-3-12-24-33)42(38-32-21-9-2-10-22-32)48(44-35-27-15-5-16-28-35,45-36-29-17-6-18-30-36)40-47(41)43-34-25-13-4-14-26-34/h1-30,37-39H. The summed E-state index contributed by atoms with van der Waals surface area (Å²) in [5.74, 6) is 1.89. The van der Waals surface area contributed by atoms with Gasteiger partial charge in [0.2, 0.25) is 8.37 Å². The van der Waals surface area contributed by atoms with Crippen LogP contribution >= 0.6 is 24.5 Å². The van der Waals surface area contributed by atoms with Crippen molar-refractivity contribution < 1.29 is 13.6 Å². The minimum absolute atomic E-state index is 0.610. The molecule has 3 N–H and O–H groups in total.